The summed E-state index contributed by atoms with van der Waals surface area (Å²) in [6, 6.07) is 13.5. The van der Waals surface area contributed by atoms with Crippen molar-refractivity contribution in [3.8, 4) is 9.75 Å². The van der Waals surface area contributed by atoms with Gasteiger partial charge in [0.25, 0.3) is 0 Å². The van der Waals surface area contributed by atoms with E-state index >= 15 is 0 Å². The second-order valence-electron chi connectivity index (χ2n) is 6.71. The Morgan fingerprint density at radius 2 is 2.00 bits per heavy atom. The third kappa shape index (κ3) is 4.26. The summed E-state index contributed by atoms with van der Waals surface area (Å²) in [5.74, 6) is 0.867. The van der Waals surface area contributed by atoms with Crippen molar-refractivity contribution in [3.63, 3.8) is 0 Å². The molecule has 0 fully saturated rings. The molecule has 0 radical (unpaired) electrons. The van der Waals surface area contributed by atoms with Gasteiger partial charge in [0.2, 0.25) is 10.0 Å². The first kappa shape index (κ1) is 19.8. The Morgan fingerprint density at radius 1 is 1.14 bits per heavy atom. The zero-order valence-electron chi connectivity index (χ0n) is 14.8. The van der Waals surface area contributed by atoms with E-state index in [1.807, 2.05) is 0 Å². The lowest BCUT2D eigenvalue weighted by atomic mass is 9.85. The lowest BCUT2D eigenvalue weighted by Crippen LogP contribution is -2.25. The molecule has 0 amide bonds. The summed E-state index contributed by atoms with van der Waals surface area (Å²) in [5, 5.41) is 10.6. The van der Waals surface area contributed by atoms with Crippen molar-refractivity contribution in [1.82, 2.24) is 0 Å². The van der Waals surface area contributed by atoms with E-state index in [2.05, 4.69) is 63.0 Å². The number of benzene rings is 1. The Labute approximate surface area is 181 Å². The minimum Gasteiger partial charge on any atom is -0.384 e. The minimum absolute atomic E-state index is 0.194. The maximum absolute atomic E-state index is 11.4. The van der Waals surface area contributed by atoms with Gasteiger partial charge in [-0.1, -0.05) is 18.2 Å². The van der Waals surface area contributed by atoms with Crippen LogP contribution in [-0.2, 0) is 10.0 Å². The Morgan fingerprint density at radius 3 is 2.68 bits per heavy atom. The van der Waals surface area contributed by atoms with Crippen LogP contribution in [0, 0.1) is 5.92 Å². The molecule has 3 heterocycles. The van der Waals surface area contributed by atoms with Crippen molar-refractivity contribution in [2.75, 3.05) is 11.9 Å². The standard InChI is InChI=1S/C12H14N2O2S.C8H5BrS2/c13-17(15,16)9-4-5-12-11(6-9)10-3-1-2-8(10)7-14-12;9-8-4-3-7(11-8)6-2-1-5-10-6/h1,3-6,8,10,14H,2,7H2,(H2,13,15,16);1-5H. The monoisotopic (exact) mass is 494 g/mol. The molecule has 0 saturated carbocycles. The average molecular weight is 495 g/mol. The summed E-state index contributed by atoms with van der Waals surface area (Å²) in [6.07, 6.45) is 5.38. The molecule has 2 aromatic heterocycles. The zero-order chi connectivity index (χ0) is 19.7. The lowest BCUT2D eigenvalue weighted by molar-refractivity contribution is 0.521. The van der Waals surface area contributed by atoms with Crippen LogP contribution >= 0.6 is 38.6 Å². The SMILES string of the molecule is Brc1ccc(-c2cccs2)s1.NS(=O)(=O)c1ccc2c(c1)C1C=CCC1CN2. The van der Waals surface area contributed by atoms with Crippen LogP contribution in [0.3, 0.4) is 0 Å². The molecule has 0 spiro atoms. The smallest absolute Gasteiger partial charge is 0.238 e. The maximum atomic E-state index is 11.4. The van der Waals surface area contributed by atoms with Gasteiger partial charge in [-0.3, -0.25) is 0 Å². The summed E-state index contributed by atoms with van der Waals surface area (Å²) < 4.78 is 23.9. The first-order valence-electron chi connectivity index (χ1n) is 8.78. The van der Waals surface area contributed by atoms with Crippen molar-refractivity contribution in [3.05, 3.63) is 69.3 Å². The molecule has 2 atom stereocenters. The second-order valence-corrected chi connectivity index (χ2v) is 11.7. The quantitative estimate of drug-likeness (QED) is 0.451. The van der Waals surface area contributed by atoms with Crippen LogP contribution in [0.25, 0.3) is 9.75 Å². The number of nitrogens with one attached hydrogen (secondary N) is 1. The van der Waals surface area contributed by atoms with Crippen LogP contribution in [0.4, 0.5) is 5.69 Å². The molecule has 0 bridgehead atoms. The first-order valence-corrected chi connectivity index (χ1v) is 12.8. The number of hydrogen-bond acceptors (Lipinski definition) is 5. The minimum atomic E-state index is -3.62. The topological polar surface area (TPSA) is 72.2 Å². The van der Waals surface area contributed by atoms with Crippen LogP contribution < -0.4 is 10.5 Å². The van der Waals surface area contributed by atoms with Gasteiger partial charge in [-0.2, -0.15) is 0 Å². The van der Waals surface area contributed by atoms with E-state index in [1.165, 1.54) is 13.5 Å². The van der Waals surface area contributed by atoms with Gasteiger partial charge in [0.05, 0.1) is 8.68 Å². The maximum Gasteiger partial charge on any atom is 0.238 e. The third-order valence-electron chi connectivity index (χ3n) is 4.89. The number of sulfonamides is 1. The highest BCUT2D eigenvalue weighted by atomic mass is 79.9. The van der Waals surface area contributed by atoms with E-state index in [-0.39, 0.29) is 4.90 Å². The van der Waals surface area contributed by atoms with E-state index < -0.39 is 10.0 Å². The van der Waals surface area contributed by atoms with Gasteiger partial charge in [-0.15, -0.1) is 22.7 Å². The predicted molar refractivity (Wildman–Crippen MR) is 122 cm³/mol. The molecule has 1 aliphatic heterocycles. The van der Waals surface area contributed by atoms with Crippen molar-refractivity contribution < 1.29 is 8.42 Å². The fourth-order valence-corrected chi connectivity index (χ4v) is 6.30. The Kier molecular flexibility index (Phi) is 5.76. The number of halogens is 1. The third-order valence-corrected chi connectivity index (χ3v) is 8.49. The Balaban J connectivity index is 0.000000151. The number of thiophene rings is 2. The van der Waals surface area contributed by atoms with Crippen LogP contribution in [-0.4, -0.2) is 15.0 Å². The van der Waals surface area contributed by atoms with Crippen molar-refractivity contribution in [1.29, 1.82) is 0 Å². The molecule has 3 N–H and O–H groups in total. The molecule has 1 aromatic carbocycles. The molecule has 3 aromatic rings. The highest BCUT2D eigenvalue weighted by molar-refractivity contribution is 9.11. The van der Waals surface area contributed by atoms with Gasteiger partial charge in [0.1, 0.15) is 0 Å². The van der Waals surface area contributed by atoms with Crippen molar-refractivity contribution in [2.24, 2.45) is 11.1 Å². The van der Waals surface area contributed by atoms with Gasteiger partial charge in [-0.25, -0.2) is 13.6 Å². The Bertz CT molecular complexity index is 1100. The van der Waals surface area contributed by atoms with Crippen LogP contribution in [0.1, 0.15) is 17.9 Å². The van der Waals surface area contributed by atoms with Crippen LogP contribution in [0.15, 0.2) is 68.7 Å². The molecule has 28 heavy (non-hydrogen) atoms. The molecular weight excluding hydrogens is 476 g/mol. The summed E-state index contributed by atoms with van der Waals surface area (Å²) in [4.78, 5) is 2.88. The van der Waals surface area contributed by atoms with Crippen molar-refractivity contribution in [2.45, 2.75) is 17.2 Å². The molecule has 146 valence electrons. The highest BCUT2D eigenvalue weighted by Crippen LogP contribution is 2.42. The fraction of sp³-hybridized carbons (Fsp3) is 0.200. The first-order chi connectivity index (χ1) is 13.4. The molecule has 1 aliphatic carbocycles. The highest BCUT2D eigenvalue weighted by Gasteiger charge is 2.30. The van der Waals surface area contributed by atoms with Gasteiger partial charge < -0.3 is 5.32 Å². The summed E-state index contributed by atoms with van der Waals surface area (Å²) in [7, 11) is -3.62. The second kappa shape index (κ2) is 8.12. The van der Waals surface area contributed by atoms with Gasteiger partial charge in [0.15, 0.2) is 0 Å². The van der Waals surface area contributed by atoms with E-state index in [9.17, 15) is 8.42 Å². The number of nitrogens with two attached hydrogens (primary N) is 1. The number of allylic oxidation sites excluding steroid dienone is 2. The van der Waals surface area contributed by atoms with Gasteiger partial charge >= 0.3 is 0 Å². The molecule has 2 aliphatic rings. The number of fused-ring (bicyclic) bond motifs is 3. The molecule has 4 nitrogen and oxygen atoms in total. The normalized spacial score (nSPS) is 19.9. The average Bonchev–Trinajstić information content (AvgIpc) is 3.42. The molecular formula is C20H19BrN2O2S3. The molecule has 5 rings (SSSR count). The fourth-order valence-electron chi connectivity index (χ4n) is 3.53. The molecule has 8 heteroatoms. The van der Waals surface area contributed by atoms with Gasteiger partial charge in [0, 0.05) is 27.9 Å². The predicted octanol–water partition coefficient (Wildman–Crippen LogP) is 5.66. The summed E-state index contributed by atoms with van der Waals surface area (Å²) in [6.45, 7) is 0.944. The molecule has 2 unspecified atom stereocenters. The van der Waals surface area contributed by atoms with Crippen LogP contribution in [0.2, 0.25) is 0 Å². The largest absolute Gasteiger partial charge is 0.384 e. The molecule has 0 saturated heterocycles. The van der Waals surface area contributed by atoms with E-state index in [1.54, 1.807) is 40.9 Å². The summed E-state index contributed by atoms with van der Waals surface area (Å²) in [5.41, 5.74) is 2.06. The Hall–Kier alpha value is -1.45. The van der Waals surface area contributed by atoms with E-state index in [0.717, 1.165) is 24.2 Å². The van der Waals surface area contributed by atoms with E-state index in [0.29, 0.717) is 11.8 Å². The lowest BCUT2D eigenvalue weighted by Gasteiger charge is -2.29. The van der Waals surface area contributed by atoms with Gasteiger partial charge in [-0.05, 0) is 75.6 Å². The number of primary sulfonamides is 1. The van der Waals surface area contributed by atoms with Crippen LogP contribution in [0.5, 0.6) is 0 Å². The zero-order valence-corrected chi connectivity index (χ0v) is 18.9. The number of hydrogen-bond donors (Lipinski definition) is 2. The van der Waals surface area contributed by atoms with Crippen molar-refractivity contribution >= 4 is 54.3 Å². The number of rotatable bonds is 2. The number of anilines is 1. The van der Waals surface area contributed by atoms with E-state index in [4.69, 9.17) is 5.14 Å². The summed E-state index contributed by atoms with van der Waals surface area (Å²) >= 11 is 6.99.